The van der Waals surface area contributed by atoms with Crippen LogP contribution in [-0.2, 0) is 22.7 Å². The maximum Gasteiger partial charge on any atom is 0.225 e. The van der Waals surface area contributed by atoms with E-state index in [1.54, 1.807) is 7.05 Å². The lowest BCUT2D eigenvalue weighted by atomic mass is 10.1. The normalized spacial score (nSPS) is 18.9. The first kappa shape index (κ1) is 21.1. The Labute approximate surface area is 173 Å². The van der Waals surface area contributed by atoms with Gasteiger partial charge in [0.2, 0.25) is 11.8 Å². The van der Waals surface area contributed by atoms with Crippen LogP contribution in [0.3, 0.4) is 0 Å². The van der Waals surface area contributed by atoms with Crippen LogP contribution in [-0.4, -0.2) is 60.3 Å². The van der Waals surface area contributed by atoms with E-state index in [0.29, 0.717) is 19.5 Å². The highest BCUT2D eigenvalue weighted by Gasteiger charge is 2.28. The van der Waals surface area contributed by atoms with E-state index in [0.717, 1.165) is 38.4 Å². The number of benzene rings is 1. The zero-order valence-electron chi connectivity index (χ0n) is 17.8. The van der Waals surface area contributed by atoms with Crippen molar-refractivity contribution < 1.29 is 9.59 Å². The van der Waals surface area contributed by atoms with Gasteiger partial charge in [0.25, 0.3) is 0 Å². The molecule has 1 aromatic rings. The van der Waals surface area contributed by atoms with E-state index >= 15 is 0 Å². The first-order valence-corrected chi connectivity index (χ1v) is 10.6. The van der Waals surface area contributed by atoms with Crippen molar-refractivity contribution in [2.24, 2.45) is 10.9 Å². The number of aliphatic imine (C=N–C) groups is 1. The SMILES string of the molecule is CN=C(NCCCC(=O)N1Cc2ccccc2C1)NC1CCN(C(=O)C(C)C)C1. The summed E-state index contributed by atoms with van der Waals surface area (Å²) in [4.78, 5) is 32.7. The molecule has 29 heavy (non-hydrogen) atoms. The molecule has 0 radical (unpaired) electrons. The molecule has 1 unspecified atom stereocenters. The molecule has 158 valence electrons. The summed E-state index contributed by atoms with van der Waals surface area (Å²) in [5.74, 6) is 1.17. The second-order valence-corrected chi connectivity index (χ2v) is 8.19. The average Bonchev–Trinajstić information content (AvgIpc) is 3.36. The van der Waals surface area contributed by atoms with E-state index in [1.165, 1.54) is 11.1 Å². The van der Waals surface area contributed by atoms with Crippen LogP contribution in [0.5, 0.6) is 0 Å². The molecule has 0 bridgehead atoms. The Bertz CT molecular complexity index is 736. The Balaban J connectivity index is 1.34. The lowest BCUT2D eigenvalue weighted by Gasteiger charge is -2.20. The van der Waals surface area contributed by atoms with Gasteiger partial charge in [0.1, 0.15) is 0 Å². The minimum atomic E-state index is 0.0344. The largest absolute Gasteiger partial charge is 0.356 e. The zero-order valence-corrected chi connectivity index (χ0v) is 17.8. The molecule has 2 amide bonds. The van der Waals surface area contributed by atoms with E-state index in [1.807, 2.05) is 35.8 Å². The molecule has 7 heteroatoms. The van der Waals surface area contributed by atoms with Crippen LogP contribution in [0.1, 0.15) is 44.2 Å². The van der Waals surface area contributed by atoms with Crippen LogP contribution in [0, 0.1) is 5.92 Å². The molecule has 1 atom stereocenters. The quantitative estimate of drug-likeness (QED) is 0.434. The summed E-state index contributed by atoms with van der Waals surface area (Å²) in [6, 6.07) is 8.46. The summed E-state index contributed by atoms with van der Waals surface area (Å²) in [5, 5.41) is 6.69. The number of carbonyl (C=O) groups excluding carboxylic acids is 2. The van der Waals surface area contributed by atoms with E-state index < -0.39 is 0 Å². The molecule has 1 aromatic carbocycles. The Kier molecular flexibility index (Phi) is 7.12. The molecule has 3 rings (SSSR count). The van der Waals surface area contributed by atoms with Gasteiger partial charge in [-0.1, -0.05) is 38.1 Å². The number of hydrogen-bond donors (Lipinski definition) is 2. The third-order valence-corrected chi connectivity index (χ3v) is 5.61. The summed E-state index contributed by atoms with van der Waals surface area (Å²) in [7, 11) is 1.74. The molecule has 0 aliphatic carbocycles. The molecule has 1 fully saturated rings. The van der Waals surface area contributed by atoms with Gasteiger partial charge in [-0.25, -0.2) is 0 Å². The second kappa shape index (κ2) is 9.76. The predicted octanol–water partition coefficient (Wildman–Crippen LogP) is 1.73. The summed E-state index contributed by atoms with van der Waals surface area (Å²) in [6.07, 6.45) is 2.21. The van der Waals surface area contributed by atoms with Crippen LogP contribution in [0.4, 0.5) is 0 Å². The minimum Gasteiger partial charge on any atom is -0.356 e. The summed E-state index contributed by atoms with van der Waals surface area (Å²) >= 11 is 0. The van der Waals surface area contributed by atoms with Crippen molar-refractivity contribution in [1.82, 2.24) is 20.4 Å². The summed E-state index contributed by atoms with van der Waals surface area (Å²) in [5.41, 5.74) is 2.51. The van der Waals surface area contributed by atoms with Crippen LogP contribution in [0.15, 0.2) is 29.3 Å². The minimum absolute atomic E-state index is 0.0344. The van der Waals surface area contributed by atoms with E-state index in [9.17, 15) is 9.59 Å². The second-order valence-electron chi connectivity index (χ2n) is 8.19. The van der Waals surface area contributed by atoms with Gasteiger partial charge in [-0.05, 0) is 24.0 Å². The highest BCUT2D eigenvalue weighted by atomic mass is 16.2. The monoisotopic (exact) mass is 399 g/mol. The Morgan fingerprint density at radius 1 is 1.17 bits per heavy atom. The highest BCUT2D eigenvalue weighted by molar-refractivity contribution is 5.81. The molecule has 0 saturated carbocycles. The van der Waals surface area contributed by atoms with Gasteiger partial charge in [0.05, 0.1) is 0 Å². The fourth-order valence-corrected chi connectivity index (χ4v) is 3.95. The van der Waals surface area contributed by atoms with Gasteiger partial charge in [-0.2, -0.15) is 0 Å². The number of likely N-dealkylation sites (tertiary alicyclic amines) is 1. The van der Waals surface area contributed by atoms with Crippen molar-refractivity contribution in [2.75, 3.05) is 26.7 Å². The van der Waals surface area contributed by atoms with E-state index in [-0.39, 0.29) is 23.8 Å². The van der Waals surface area contributed by atoms with Crippen molar-refractivity contribution in [3.63, 3.8) is 0 Å². The third kappa shape index (κ3) is 5.49. The van der Waals surface area contributed by atoms with Crippen molar-refractivity contribution in [3.05, 3.63) is 35.4 Å². The van der Waals surface area contributed by atoms with Gasteiger partial charge in [-0.3, -0.25) is 14.6 Å². The molecular formula is C22H33N5O2. The van der Waals surface area contributed by atoms with Gasteiger partial charge < -0.3 is 20.4 Å². The summed E-state index contributed by atoms with van der Waals surface area (Å²) < 4.78 is 0. The molecule has 0 aromatic heterocycles. The number of amides is 2. The maximum atomic E-state index is 12.5. The number of fused-ring (bicyclic) bond motifs is 1. The van der Waals surface area contributed by atoms with Gasteiger partial charge in [0.15, 0.2) is 5.96 Å². The van der Waals surface area contributed by atoms with Crippen molar-refractivity contribution in [1.29, 1.82) is 0 Å². The van der Waals surface area contributed by atoms with Crippen LogP contribution in [0.25, 0.3) is 0 Å². The fourth-order valence-electron chi connectivity index (χ4n) is 3.95. The van der Waals surface area contributed by atoms with Crippen molar-refractivity contribution >= 4 is 17.8 Å². The molecule has 1 saturated heterocycles. The zero-order chi connectivity index (χ0) is 20.8. The number of hydrogen-bond acceptors (Lipinski definition) is 3. The van der Waals surface area contributed by atoms with Gasteiger partial charge in [-0.15, -0.1) is 0 Å². The maximum absolute atomic E-state index is 12.5. The summed E-state index contributed by atoms with van der Waals surface area (Å²) in [6.45, 7) is 7.51. The van der Waals surface area contributed by atoms with Crippen LogP contribution < -0.4 is 10.6 Å². The van der Waals surface area contributed by atoms with Crippen molar-refractivity contribution in [3.8, 4) is 0 Å². The molecule has 0 spiro atoms. The third-order valence-electron chi connectivity index (χ3n) is 5.61. The van der Waals surface area contributed by atoms with Crippen LogP contribution >= 0.6 is 0 Å². The van der Waals surface area contributed by atoms with Gasteiger partial charge in [0, 0.05) is 58.2 Å². The number of nitrogens with zero attached hydrogens (tertiary/aromatic N) is 3. The Morgan fingerprint density at radius 2 is 1.86 bits per heavy atom. The number of guanidine groups is 1. The molecule has 2 heterocycles. The lowest BCUT2D eigenvalue weighted by Crippen LogP contribution is -2.45. The van der Waals surface area contributed by atoms with Gasteiger partial charge >= 0.3 is 0 Å². The number of rotatable bonds is 6. The Morgan fingerprint density at radius 3 is 2.48 bits per heavy atom. The standard InChI is InChI=1S/C22H33N5O2/c1-16(2)21(29)26-12-10-19(15-26)25-22(23-3)24-11-6-9-20(28)27-13-17-7-4-5-8-18(17)14-27/h4-5,7-8,16,19H,6,9-15H2,1-3H3,(H2,23,24,25). The number of carbonyl (C=O) groups is 2. The highest BCUT2D eigenvalue weighted by Crippen LogP contribution is 2.22. The first-order valence-electron chi connectivity index (χ1n) is 10.6. The molecular weight excluding hydrogens is 366 g/mol. The molecule has 2 aliphatic rings. The molecule has 2 aliphatic heterocycles. The topological polar surface area (TPSA) is 77.0 Å². The lowest BCUT2D eigenvalue weighted by molar-refractivity contribution is -0.133. The van der Waals surface area contributed by atoms with Crippen LogP contribution in [0.2, 0.25) is 0 Å². The molecule has 7 nitrogen and oxygen atoms in total. The van der Waals surface area contributed by atoms with Crippen molar-refractivity contribution in [2.45, 2.75) is 52.2 Å². The average molecular weight is 400 g/mol. The predicted molar refractivity (Wildman–Crippen MR) is 114 cm³/mol. The van der Waals surface area contributed by atoms with E-state index in [2.05, 4.69) is 27.8 Å². The smallest absolute Gasteiger partial charge is 0.225 e. The van der Waals surface area contributed by atoms with E-state index in [4.69, 9.17) is 0 Å². The number of nitrogens with one attached hydrogen (secondary N) is 2. The Hall–Kier alpha value is -2.57. The fraction of sp³-hybridized carbons (Fsp3) is 0.591. The molecule has 2 N–H and O–H groups in total. The first-order chi connectivity index (χ1) is 14.0.